The van der Waals surface area contributed by atoms with Gasteiger partial charge in [0.1, 0.15) is 49.1 Å². The average molecular weight is 1210 g/mol. The number of aromatic nitrogens is 2. The van der Waals surface area contributed by atoms with Gasteiger partial charge >= 0.3 is 12.2 Å². The number of hydroxylamine groups is 2. The largest absolute Gasteiger partial charge is 0.497 e. The third-order valence-electron chi connectivity index (χ3n) is 16.0. The summed E-state index contributed by atoms with van der Waals surface area (Å²) in [5, 5.41) is 2.50. The molecule has 0 spiro atoms. The molecule has 2 saturated heterocycles. The molecule has 88 heavy (non-hydrogen) atoms. The van der Waals surface area contributed by atoms with Crippen LogP contribution in [0.3, 0.4) is 0 Å². The number of nitrogens with zero attached hydrogens (tertiary/aromatic N) is 7. The first-order chi connectivity index (χ1) is 42.1. The van der Waals surface area contributed by atoms with Crippen LogP contribution in [0, 0.1) is 0 Å². The monoisotopic (exact) mass is 1210 g/mol. The summed E-state index contributed by atoms with van der Waals surface area (Å²) >= 11 is 0. The second-order valence-corrected chi connectivity index (χ2v) is 24.3. The van der Waals surface area contributed by atoms with Crippen LogP contribution in [0.2, 0.25) is 0 Å². The van der Waals surface area contributed by atoms with Crippen LogP contribution in [-0.2, 0) is 40.5 Å². The van der Waals surface area contributed by atoms with Crippen molar-refractivity contribution >= 4 is 46.2 Å². The Kier molecular flexibility index (Phi) is 20.6. The molecule has 6 heterocycles. The lowest BCUT2D eigenvalue weighted by atomic mass is 10.0. The van der Waals surface area contributed by atoms with E-state index >= 15 is 0 Å². The second kappa shape index (κ2) is 28.2. The molecule has 10 rings (SSSR count). The normalized spacial score (nSPS) is 15.6. The Morgan fingerprint density at radius 3 is 1.39 bits per heavy atom. The lowest BCUT2D eigenvalue weighted by Gasteiger charge is -2.39. The molecule has 0 saturated carbocycles. The van der Waals surface area contributed by atoms with Crippen molar-refractivity contribution < 1.29 is 61.9 Å². The highest BCUT2D eigenvalue weighted by molar-refractivity contribution is 6.06. The van der Waals surface area contributed by atoms with Gasteiger partial charge in [-0.2, -0.15) is 0 Å². The summed E-state index contributed by atoms with van der Waals surface area (Å²) in [4.78, 5) is 90.8. The molecule has 4 aliphatic rings. The van der Waals surface area contributed by atoms with Crippen LogP contribution in [0.4, 0.5) is 9.59 Å². The van der Waals surface area contributed by atoms with E-state index in [1.54, 1.807) is 52.6 Å². The van der Waals surface area contributed by atoms with Gasteiger partial charge in [-0.05, 0) is 127 Å². The van der Waals surface area contributed by atoms with Crippen molar-refractivity contribution in [3.8, 4) is 34.5 Å². The standard InChI is InChI=1S/C34H44N4O8.C32H39N3O7/c1-34(2,3)46-33(41)38(22-23-7-9-29-30(19-23)45-18-17-44-29)24-11-13-36(14-12-24)15-16-37-28-21-25(42-5)20-27(32(40)35(4)43-6)26(28)8-10-31(37)39;1-32(2,3)42-31(38)35(20-22-5-7-28-29(17-22)41-16-15-40-28)24-9-11-33(12-10-24)13-14-34-27-19-25(39-4)18-23(21-36)26(27)6-8-30(34)37/h7-10,19-21,24H,11-18,22H2,1-6H3;5-8,17-19,21,24H,9-16,20H2,1-4H3. The van der Waals surface area contributed by atoms with Gasteiger partial charge in [0.2, 0.25) is 0 Å². The van der Waals surface area contributed by atoms with Crippen LogP contribution in [0.1, 0.15) is 99.1 Å². The van der Waals surface area contributed by atoms with Crippen molar-refractivity contribution in [2.75, 3.05) is 94.1 Å². The SMILES string of the molecule is COc1cc(C(=O)N(C)OC)c2ccc(=O)n(CCN3CCC(N(Cc4ccc5c(c4)OCCO5)C(=O)OC(C)(C)C)CC3)c2c1.COc1cc(C=O)c2ccc(=O)n(CCN3CCC(N(Cc4ccc5c(c4)OCCO5)C(=O)OC(C)(C)C)CC3)c2c1. The molecule has 2 fully saturated rings. The van der Waals surface area contributed by atoms with Gasteiger partial charge in [0.15, 0.2) is 29.3 Å². The number of piperidine rings is 2. The maximum Gasteiger partial charge on any atom is 0.410 e. The molecule has 4 aromatic carbocycles. The van der Waals surface area contributed by atoms with Crippen molar-refractivity contribution in [3.63, 3.8) is 0 Å². The number of benzene rings is 4. The summed E-state index contributed by atoms with van der Waals surface area (Å²) in [5.41, 5.74) is 2.53. The molecule has 3 amide bonds. The van der Waals surface area contributed by atoms with Crippen LogP contribution in [0.25, 0.3) is 21.8 Å². The van der Waals surface area contributed by atoms with E-state index in [1.165, 1.54) is 33.4 Å². The minimum absolute atomic E-state index is 0.00369. The fourth-order valence-electron chi connectivity index (χ4n) is 11.5. The highest BCUT2D eigenvalue weighted by Gasteiger charge is 2.34. The predicted octanol–water partition coefficient (Wildman–Crippen LogP) is 8.81. The zero-order valence-electron chi connectivity index (χ0n) is 52.3. The number of amides is 3. The number of methoxy groups -OCH3 is 2. The van der Waals surface area contributed by atoms with Crippen LogP contribution in [0.15, 0.2) is 94.5 Å². The van der Waals surface area contributed by atoms with E-state index in [0.717, 1.165) is 79.7 Å². The smallest absolute Gasteiger partial charge is 0.410 e. The summed E-state index contributed by atoms with van der Waals surface area (Å²) in [5.74, 6) is 3.47. The molecule has 0 atom stereocenters. The van der Waals surface area contributed by atoms with Crippen LogP contribution >= 0.6 is 0 Å². The number of fused-ring (bicyclic) bond motifs is 4. The Hall–Kier alpha value is -8.34. The Balaban J connectivity index is 0.000000210. The lowest BCUT2D eigenvalue weighted by Crippen LogP contribution is -2.49. The topological polar surface area (TPSA) is 212 Å². The van der Waals surface area contributed by atoms with Crippen LogP contribution in [0.5, 0.6) is 34.5 Å². The molecule has 22 nitrogen and oxygen atoms in total. The number of carbonyl (C=O) groups is 4. The lowest BCUT2D eigenvalue weighted by molar-refractivity contribution is -0.0755. The molecule has 6 aromatic rings. The number of likely N-dealkylation sites (tertiary alicyclic amines) is 2. The number of aldehydes is 1. The highest BCUT2D eigenvalue weighted by atomic mass is 16.7. The van der Waals surface area contributed by atoms with Crippen molar-refractivity contribution in [1.29, 1.82) is 0 Å². The number of hydrogen-bond acceptors (Lipinski definition) is 17. The minimum Gasteiger partial charge on any atom is -0.497 e. The van der Waals surface area contributed by atoms with Gasteiger partial charge in [0, 0.05) is 125 Å². The summed E-state index contributed by atoms with van der Waals surface area (Å²) in [7, 11) is 6.02. The summed E-state index contributed by atoms with van der Waals surface area (Å²) < 4.78 is 48.7. The van der Waals surface area contributed by atoms with Gasteiger partial charge in [-0.25, -0.2) is 14.7 Å². The van der Waals surface area contributed by atoms with E-state index in [2.05, 4.69) is 9.80 Å². The van der Waals surface area contributed by atoms with Crippen LogP contribution in [-0.4, -0.2) is 176 Å². The molecule has 0 N–H and O–H groups in total. The highest BCUT2D eigenvalue weighted by Crippen LogP contribution is 2.35. The van der Waals surface area contributed by atoms with E-state index in [1.807, 2.05) is 87.7 Å². The number of rotatable bonds is 17. The molecular formula is C66H83N7O15. The van der Waals surface area contributed by atoms with Crippen molar-refractivity contribution in [2.24, 2.45) is 0 Å². The third kappa shape index (κ3) is 15.9. The van der Waals surface area contributed by atoms with Crippen LogP contribution < -0.4 is 39.5 Å². The Morgan fingerprint density at radius 2 is 0.966 bits per heavy atom. The Morgan fingerprint density at radius 1 is 0.545 bits per heavy atom. The first kappa shape index (κ1) is 64.1. The zero-order chi connectivity index (χ0) is 62.9. The molecule has 0 radical (unpaired) electrons. The minimum atomic E-state index is -0.624. The van der Waals surface area contributed by atoms with E-state index in [-0.39, 0.29) is 41.3 Å². The molecule has 472 valence electrons. The summed E-state index contributed by atoms with van der Waals surface area (Å²) in [6, 6.07) is 24.8. The van der Waals surface area contributed by atoms with Gasteiger partial charge in [-0.15, -0.1) is 0 Å². The summed E-state index contributed by atoms with van der Waals surface area (Å²) in [6.07, 6.45) is 3.16. The predicted molar refractivity (Wildman–Crippen MR) is 331 cm³/mol. The number of pyridine rings is 2. The van der Waals surface area contributed by atoms with Gasteiger partial charge in [-0.1, -0.05) is 12.1 Å². The maximum atomic E-state index is 13.4. The molecule has 4 aliphatic heterocycles. The van der Waals surface area contributed by atoms with Crippen molar-refractivity contribution in [2.45, 2.75) is 117 Å². The molecular weight excluding hydrogens is 1130 g/mol. The van der Waals surface area contributed by atoms with Gasteiger partial charge < -0.3 is 66.6 Å². The molecule has 0 aliphatic carbocycles. The van der Waals surface area contributed by atoms with E-state index in [9.17, 15) is 28.8 Å². The molecule has 22 heteroatoms. The van der Waals surface area contributed by atoms with E-state index in [4.69, 9.17) is 42.7 Å². The van der Waals surface area contributed by atoms with Crippen molar-refractivity contribution in [3.05, 3.63) is 128 Å². The average Bonchev–Trinajstić information content (AvgIpc) is 2.29. The van der Waals surface area contributed by atoms with E-state index < -0.39 is 11.2 Å². The molecule has 2 aromatic heterocycles. The number of carbonyl (C=O) groups excluding carboxylic acids is 4. The second-order valence-electron chi connectivity index (χ2n) is 24.3. The molecule has 0 unspecified atom stereocenters. The quantitative estimate of drug-likeness (QED) is 0.0616. The number of ether oxygens (including phenoxy) is 8. The first-order valence-corrected chi connectivity index (χ1v) is 30.0. The summed E-state index contributed by atoms with van der Waals surface area (Å²) in [6.45, 7) is 19.3. The van der Waals surface area contributed by atoms with E-state index in [0.29, 0.717) is 128 Å². The zero-order valence-corrected chi connectivity index (χ0v) is 52.3. The number of hydrogen-bond donors (Lipinski definition) is 0. The van der Waals surface area contributed by atoms with Gasteiger partial charge in [-0.3, -0.25) is 24.0 Å². The fourth-order valence-corrected chi connectivity index (χ4v) is 11.5. The maximum absolute atomic E-state index is 13.4. The Bertz CT molecular complexity index is 3590. The molecule has 0 bridgehead atoms. The first-order valence-electron chi connectivity index (χ1n) is 30.0. The third-order valence-corrected chi connectivity index (χ3v) is 16.0. The fraction of sp³-hybridized carbons (Fsp3) is 0.485. The van der Waals surface area contributed by atoms with Gasteiger partial charge in [0.05, 0.1) is 37.9 Å². The van der Waals surface area contributed by atoms with Gasteiger partial charge in [0.25, 0.3) is 17.0 Å². The van der Waals surface area contributed by atoms with Crippen molar-refractivity contribution in [1.82, 2.24) is 33.8 Å². The Labute approximate surface area is 513 Å².